The molecule has 2 N–H and O–H groups in total. The van der Waals surface area contributed by atoms with Crippen molar-refractivity contribution < 1.29 is 4.79 Å². The molecule has 0 aliphatic carbocycles. The Morgan fingerprint density at radius 1 is 1.20 bits per heavy atom. The molecule has 2 atom stereocenters. The van der Waals surface area contributed by atoms with Gasteiger partial charge in [-0.3, -0.25) is 4.79 Å². The van der Waals surface area contributed by atoms with Gasteiger partial charge in [0.1, 0.15) is 0 Å². The van der Waals surface area contributed by atoms with Gasteiger partial charge in [-0.15, -0.1) is 0 Å². The third-order valence-corrected chi connectivity index (χ3v) is 4.85. The lowest BCUT2D eigenvalue weighted by molar-refractivity contribution is -0.128. The van der Waals surface area contributed by atoms with Crippen molar-refractivity contribution in [3.63, 3.8) is 0 Å². The summed E-state index contributed by atoms with van der Waals surface area (Å²) in [7, 11) is 0. The molecule has 2 aliphatic rings. The molecule has 1 amide bonds. The molecule has 2 aliphatic heterocycles. The van der Waals surface area contributed by atoms with E-state index in [2.05, 4.69) is 29.2 Å². The van der Waals surface area contributed by atoms with Gasteiger partial charge in [-0.1, -0.05) is 37.1 Å². The van der Waals surface area contributed by atoms with Crippen LogP contribution in [-0.2, 0) is 11.2 Å². The number of hydrogen-bond donors (Lipinski definition) is 1. The van der Waals surface area contributed by atoms with Crippen LogP contribution in [0.2, 0.25) is 0 Å². The second-order valence-corrected chi connectivity index (χ2v) is 6.05. The van der Waals surface area contributed by atoms with Gasteiger partial charge in [0.2, 0.25) is 5.91 Å². The van der Waals surface area contributed by atoms with E-state index in [1.807, 2.05) is 0 Å². The fourth-order valence-corrected chi connectivity index (χ4v) is 3.90. The van der Waals surface area contributed by atoms with Gasteiger partial charge >= 0.3 is 0 Å². The number of nitrogens with two attached hydrogens (primary N) is 1. The fourth-order valence-electron chi connectivity index (χ4n) is 3.90. The first-order valence-electron chi connectivity index (χ1n) is 7.88. The highest BCUT2D eigenvalue weighted by Crippen LogP contribution is 2.39. The Kier molecular flexibility index (Phi) is 4.06. The Hall–Kier alpha value is -1.35. The van der Waals surface area contributed by atoms with Crippen LogP contribution in [0.4, 0.5) is 0 Å². The van der Waals surface area contributed by atoms with Gasteiger partial charge in [0, 0.05) is 24.9 Å². The summed E-state index contributed by atoms with van der Waals surface area (Å²) >= 11 is 0. The molecular weight excluding hydrogens is 248 g/mol. The maximum Gasteiger partial charge on any atom is 0.223 e. The molecular formula is C17H24N2O. The first-order valence-corrected chi connectivity index (χ1v) is 7.88. The van der Waals surface area contributed by atoms with Crippen LogP contribution >= 0.6 is 0 Å². The summed E-state index contributed by atoms with van der Waals surface area (Å²) in [6.45, 7) is 1.63. The summed E-state index contributed by atoms with van der Waals surface area (Å²) < 4.78 is 0. The van der Waals surface area contributed by atoms with E-state index in [-0.39, 0.29) is 0 Å². The number of carbonyl (C=O) groups excluding carboxylic acids is 1. The summed E-state index contributed by atoms with van der Waals surface area (Å²) in [6.07, 6.45) is 6.44. The summed E-state index contributed by atoms with van der Waals surface area (Å²) in [5.74, 6) is 0.729. The zero-order valence-corrected chi connectivity index (χ0v) is 12.1. The second-order valence-electron chi connectivity index (χ2n) is 6.05. The Morgan fingerprint density at radius 2 is 2.05 bits per heavy atom. The van der Waals surface area contributed by atoms with E-state index in [0.717, 1.165) is 19.4 Å². The summed E-state index contributed by atoms with van der Waals surface area (Å²) in [5.41, 5.74) is 8.43. The number of hydrogen-bond acceptors (Lipinski definition) is 2. The average molecular weight is 272 g/mol. The molecule has 108 valence electrons. The number of fused-ring (bicyclic) bond motifs is 1. The SMILES string of the molecule is NCCc1ccccc1C1CC(=O)N2CCCCCC12. The zero-order chi connectivity index (χ0) is 13.9. The first kappa shape index (κ1) is 13.6. The highest BCUT2D eigenvalue weighted by atomic mass is 16.2. The van der Waals surface area contributed by atoms with E-state index in [1.165, 1.54) is 30.4 Å². The molecule has 0 bridgehead atoms. The van der Waals surface area contributed by atoms with E-state index < -0.39 is 0 Å². The van der Waals surface area contributed by atoms with Gasteiger partial charge in [0.25, 0.3) is 0 Å². The summed E-state index contributed by atoms with van der Waals surface area (Å²) in [5, 5.41) is 0. The van der Waals surface area contributed by atoms with Gasteiger partial charge in [0.15, 0.2) is 0 Å². The lowest BCUT2D eigenvalue weighted by Gasteiger charge is -2.27. The average Bonchev–Trinajstić information content (AvgIpc) is 2.66. The Balaban J connectivity index is 1.91. The second kappa shape index (κ2) is 5.96. The Bertz CT molecular complexity index is 486. The molecule has 0 saturated carbocycles. The maximum absolute atomic E-state index is 12.3. The fraction of sp³-hybridized carbons (Fsp3) is 0.588. The minimum atomic E-state index is 0.351. The minimum absolute atomic E-state index is 0.351. The third kappa shape index (κ3) is 2.47. The van der Waals surface area contributed by atoms with Gasteiger partial charge in [0.05, 0.1) is 0 Å². The van der Waals surface area contributed by atoms with Crippen molar-refractivity contribution in [3.05, 3.63) is 35.4 Å². The summed E-state index contributed by atoms with van der Waals surface area (Å²) in [6, 6.07) is 8.97. The van der Waals surface area contributed by atoms with Crippen molar-refractivity contribution in [1.29, 1.82) is 0 Å². The number of rotatable bonds is 3. The Morgan fingerprint density at radius 3 is 2.90 bits per heavy atom. The van der Waals surface area contributed by atoms with Crippen LogP contribution < -0.4 is 5.73 Å². The molecule has 3 rings (SSSR count). The minimum Gasteiger partial charge on any atom is -0.339 e. The first-order chi connectivity index (χ1) is 9.81. The third-order valence-electron chi connectivity index (χ3n) is 4.85. The monoisotopic (exact) mass is 272 g/mol. The van der Waals surface area contributed by atoms with Crippen LogP contribution in [0, 0.1) is 0 Å². The lowest BCUT2D eigenvalue weighted by atomic mass is 9.85. The topological polar surface area (TPSA) is 46.3 Å². The molecule has 3 nitrogen and oxygen atoms in total. The maximum atomic E-state index is 12.3. The van der Waals surface area contributed by atoms with E-state index in [4.69, 9.17) is 5.73 Å². The van der Waals surface area contributed by atoms with Gasteiger partial charge in [-0.2, -0.15) is 0 Å². The predicted octanol–water partition coefficient (Wildman–Crippen LogP) is 2.45. The van der Waals surface area contributed by atoms with E-state index in [9.17, 15) is 4.79 Å². The molecule has 1 aromatic carbocycles. The molecule has 0 spiro atoms. The van der Waals surface area contributed by atoms with Crippen molar-refractivity contribution in [2.45, 2.75) is 50.5 Å². The molecule has 0 radical (unpaired) electrons. The van der Waals surface area contributed by atoms with Crippen molar-refractivity contribution >= 4 is 5.91 Å². The molecule has 3 heteroatoms. The number of carbonyl (C=O) groups is 1. The largest absolute Gasteiger partial charge is 0.339 e. The number of nitrogens with zero attached hydrogens (tertiary/aromatic N) is 1. The van der Waals surface area contributed by atoms with Crippen molar-refractivity contribution in [2.24, 2.45) is 5.73 Å². The standard InChI is InChI=1S/C17H24N2O/c18-10-9-13-6-3-4-7-14(13)15-12-17(20)19-11-5-1-2-8-16(15)19/h3-4,6-7,15-16H,1-2,5,8-12,18H2. The van der Waals surface area contributed by atoms with E-state index in [0.29, 0.717) is 30.8 Å². The van der Waals surface area contributed by atoms with Crippen LogP contribution in [0.5, 0.6) is 0 Å². The highest BCUT2D eigenvalue weighted by Gasteiger charge is 2.41. The van der Waals surface area contributed by atoms with Crippen LogP contribution in [0.15, 0.2) is 24.3 Å². The van der Waals surface area contributed by atoms with Crippen LogP contribution in [-0.4, -0.2) is 29.9 Å². The molecule has 2 unspecified atom stereocenters. The predicted molar refractivity (Wildman–Crippen MR) is 80.5 cm³/mol. The number of benzene rings is 1. The van der Waals surface area contributed by atoms with E-state index in [1.54, 1.807) is 0 Å². The molecule has 2 fully saturated rings. The van der Waals surface area contributed by atoms with Gasteiger partial charge < -0.3 is 10.6 Å². The van der Waals surface area contributed by atoms with E-state index >= 15 is 0 Å². The molecule has 0 aromatic heterocycles. The molecule has 1 aromatic rings. The smallest absolute Gasteiger partial charge is 0.223 e. The molecule has 2 heterocycles. The van der Waals surface area contributed by atoms with Crippen LogP contribution in [0.25, 0.3) is 0 Å². The molecule has 20 heavy (non-hydrogen) atoms. The lowest BCUT2D eigenvalue weighted by Crippen LogP contribution is -2.34. The highest BCUT2D eigenvalue weighted by molar-refractivity contribution is 5.80. The quantitative estimate of drug-likeness (QED) is 0.918. The van der Waals surface area contributed by atoms with Crippen LogP contribution in [0.3, 0.4) is 0 Å². The van der Waals surface area contributed by atoms with Gasteiger partial charge in [-0.05, 0) is 36.9 Å². The number of amides is 1. The summed E-state index contributed by atoms with van der Waals surface area (Å²) in [4.78, 5) is 14.5. The zero-order valence-electron chi connectivity index (χ0n) is 12.1. The van der Waals surface area contributed by atoms with Crippen molar-refractivity contribution in [1.82, 2.24) is 4.90 Å². The van der Waals surface area contributed by atoms with Crippen molar-refractivity contribution in [2.75, 3.05) is 13.1 Å². The molecule has 2 saturated heterocycles. The van der Waals surface area contributed by atoms with Gasteiger partial charge in [-0.25, -0.2) is 0 Å². The Labute approximate surface area is 121 Å². The van der Waals surface area contributed by atoms with Crippen molar-refractivity contribution in [3.8, 4) is 0 Å². The van der Waals surface area contributed by atoms with Crippen LogP contribution in [0.1, 0.15) is 49.1 Å². The normalized spacial score (nSPS) is 26.4.